The molecule has 5 heteroatoms. The predicted molar refractivity (Wildman–Crippen MR) is 43.0 cm³/mol. The molecule has 1 N–H and O–H groups in total. The Bertz CT molecular complexity index is 409. The summed E-state index contributed by atoms with van der Waals surface area (Å²) in [6, 6.07) is 0. The summed E-state index contributed by atoms with van der Waals surface area (Å²) in [6.45, 7) is 1.86. The fourth-order valence-corrected chi connectivity index (χ4v) is 1.09. The van der Waals surface area contributed by atoms with Crippen LogP contribution in [0.3, 0.4) is 0 Å². The van der Waals surface area contributed by atoms with Crippen LogP contribution in [0.4, 0.5) is 0 Å². The summed E-state index contributed by atoms with van der Waals surface area (Å²) in [5, 5.41) is 7.75. The summed E-state index contributed by atoms with van der Waals surface area (Å²) in [6.07, 6.45) is 1.60. The number of nitrogens with one attached hydrogen (secondary N) is 1. The standard InChI is InChI=1S/C7H8N4O/c1-4-5-6(9-3-8-5)7(12-2)11-10-4/h3H,1-2H3,(H,8,9). The van der Waals surface area contributed by atoms with Crippen molar-refractivity contribution in [2.75, 3.05) is 7.11 Å². The molecule has 2 rings (SSSR count). The van der Waals surface area contributed by atoms with Gasteiger partial charge >= 0.3 is 0 Å². The molecule has 0 fully saturated rings. The average molecular weight is 164 g/mol. The molecular weight excluding hydrogens is 156 g/mol. The minimum atomic E-state index is 0.480. The molecule has 12 heavy (non-hydrogen) atoms. The largest absolute Gasteiger partial charge is 0.478 e. The first kappa shape index (κ1) is 7.02. The smallest absolute Gasteiger partial charge is 0.259 e. The van der Waals surface area contributed by atoms with Crippen LogP contribution in [0, 0.1) is 6.92 Å². The van der Waals surface area contributed by atoms with Gasteiger partial charge < -0.3 is 9.72 Å². The first-order valence-electron chi connectivity index (χ1n) is 3.53. The molecule has 0 saturated carbocycles. The second kappa shape index (κ2) is 2.44. The highest BCUT2D eigenvalue weighted by molar-refractivity contribution is 5.80. The van der Waals surface area contributed by atoms with Gasteiger partial charge in [0.25, 0.3) is 5.88 Å². The fourth-order valence-electron chi connectivity index (χ4n) is 1.09. The number of H-pyrrole nitrogens is 1. The highest BCUT2D eigenvalue weighted by Crippen LogP contribution is 2.19. The van der Waals surface area contributed by atoms with Crippen LogP contribution in [0.25, 0.3) is 11.0 Å². The van der Waals surface area contributed by atoms with Gasteiger partial charge in [0.1, 0.15) is 11.0 Å². The monoisotopic (exact) mass is 164 g/mol. The Morgan fingerprint density at radius 1 is 1.42 bits per heavy atom. The number of ether oxygens (including phenoxy) is 1. The number of nitrogens with zero attached hydrogens (tertiary/aromatic N) is 3. The third kappa shape index (κ3) is 0.827. The van der Waals surface area contributed by atoms with E-state index in [9.17, 15) is 0 Å². The van der Waals surface area contributed by atoms with Crippen molar-refractivity contribution in [2.45, 2.75) is 6.92 Å². The molecule has 0 unspecified atom stereocenters. The Morgan fingerprint density at radius 3 is 3.00 bits per heavy atom. The van der Waals surface area contributed by atoms with Crippen molar-refractivity contribution < 1.29 is 4.74 Å². The zero-order chi connectivity index (χ0) is 8.55. The Hall–Kier alpha value is -1.65. The Balaban J connectivity index is 2.82. The number of imidazole rings is 1. The number of fused-ring (bicyclic) bond motifs is 1. The second-order valence-corrected chi connectivity index (χ2v) is 2.42. The molecule has 0 aromatic carbocycles. The van der Waals surface area contributed by atoms with Gasteiger partial charge in [0.15, 0.2) is 0 Å². The number of rotatable bonds is 1. The topological polar surface area (TPSA) is 63.7 Å². The number of aromatic amines is 1. The quantitative estimate of drug-likeness (QED) is 0.672. The van der Waals surface area contributed by atoms with E-state index in [0.717, 1.165) is 16.7 Å². The van der Waals surface area contributed by atoms with Gasteiger partial charge in [-0.2, -0.15) is 0 Å². The molecule has 2 heterocycles. The number of aromatic nitrogens is 4. The second-order valence-electron chi connectivity index (χ2n) is 2.42. The maximum absolute atomic E-state index is 5.00. The molecule has 2 aromatic heterocycles. The van der Waals surface area contributed by atoms with E-state index in [1.54, 1.807) is 13.4 Å². The first-order valence-corrected chi connectivity index (χ1v) is 3.53. The van der Waals surface area contributed by atoms with E-state index in [-0.39, 0.29) is 0 Å². The molecule has 0 atom stereocenters. The van der Waals surface area contributed by atoms with Crippen molar-refractivity contribution in [1.29, 1.82) is 0 Å². The van der Waals surface area contributed by atoms with Crippen molar-refractivity contribution in [1.82, 2.24) is 20.2 Å². The number of methoxy groups -OCH3 is 1. The van der Waals surface area contributed by atoms with E-state index < -0.39 is 0 Å². The third-order valence-corrected chi connectivity index (χ3v) is 1.68. The van der Waals surface area contributed by atoms with Gasteiger partial charge in [-0.1, -0.05) is 0 Å². The van der Waals surface area contributed by atoms with Crippen LogP contribution in [0.1, 0.15) is 5.69 Å². The minimum Gasteiger partial charge on any atom is -0.478 e. The molecule has 0 aliphatic heterocycles. The van der Waals surface area contributed by atoms with Crippen molar-refractivity contribution >= 4 is 11.0 Å². The van der Waals surface area contributed by atoms with Crippen LogP contribution in [-0.4, -0.2) is 27.3 Å². The predicted octanol–water partition coefficient (Wildman–Crippen LogP) is 0.670. The summed E-state index contributed by atoms with van der Waals surface area (Å²) in [4.78, 5) is 7.03. The van der Waals surface area contributed by atoms with Gasteiger partial charge in [0, 0.05) is 0 Å². The van der Waals surface area contributed by atoms with Crippen LogP contribution in [0.5, 0.6) is 5.88 Å². The normalized spacial score (nSPS) is 10.5. The lowest BCUT2D eigenvalue weighted by Crippen LogP contribution is -1.94. The Labute approximate surface area is 68.8 Å². The molecule has 0 radical (unpaired) electrons. The van der Waals surface area contributed by atoms with E-state index in [0.29, 0.717) is 5.88 Å². The SMILES string of the molecule is COc1nnc(C)c2nc[nH]c12. The van der Waals surface area contributed by atoms with Crippen molar-refractivity contribution in [3.05, 3.63) is 12.0 Å². The van der Waals surface area contributed by atoms with E-state index >= 15 is 0 Å². The maximum Gasteiger partial charge on any atom is 0.259 e. The number of hydrogen-bond donors (Lipinski definition) is 1. The van der Waals surface area contributed by atoms with Gasteiger partial charge in [-0.3, -0.25) is 0 Å². The van der Waals surface area contributed by atoms with Crippen molar-refractivity contribution in [3.63, 3.8) is 0 Å². The minimum absolute atomic E-state index is 0.480. The summed E-state index contributed by atoms with van der Waals surface area (Å²) < 4.78 is 5.00. The molecule has 0 aliphatic rings. The van der Waals surface area contributed by atoms with Gasteiger partial charge in [0.05, 0.1) is 19.1 Å². The van der Waals surface area contributed by atoms with Crippen LogP contribution in [0.2, 0.25) is 0 Å². The lowest BCUT2D eigenvalue weighted by molar-refractivity contribution is 0.396. The summed E-state index contributed by atoms with van der Waals surface area (Å²) in [7, 11) is 1.56. The zero-order valence-corrected chi connectivity index (χ0v) is 6.83. The lowest BCUT2D eigenvalue weighted by atomic mass is 10.3. The molecule has 0 amide bonds. The highest BCUT2D eigenvalue weighted by atomic mass is 16.5. The lowest BCUT2D eigenvalue weighted by Gasteiger charge is -1.98. The Kier molecular flexibility index (Phi) is 1.43. The number of aryl methyl sites for hydroxylation is 1. The molecule has 5 nitrogen and oxygen atoms in total. The molecule has 0 saturated heterocycles. The van der Waals surface area contributed by atoms with Gasteiger partial charge in [-0.25, -0.2) is 4.98 Å². The molecular formula is C7H8N4O. The summed E-state index contributed by atoms with van der Waals surface area (Å²) in [5.74, 6) is 0.480. The molecule has 0 bridgehead atoms. The maximum atomic E-state index is 5.00. The highest BCUT2D eigenvalue weighted by Gasteiger charge is 2.07. The third-order valence-electron chi connectivity index (χ3n) is 1.68. The van der Waals surface area contributed by atoms with E-state index in [4.69, 9.17) is 4.74 Å². The van der Waals surface area contributed by atoms with E-state index in [1.165, 1.54) is 0 Å². The van der Waals surface area contributed by atoms with Gasteiger partial charge in [-0.15, -0.1) is 10.2 Å². The molecule has 62 valence electrons. The zero-order valence-electron chi connectivity index (χ0n) is 6.83. The van der Waals surface area contributed by atoms with Crippen LogP contribution in [0.15, 0.2) is 6.33 Å². The summed E-state index contributed by atoms with van der Waals surface area (Å²) >= 11 is 0. The Morgan fingerprint density at radius 2 is 2.25 bits per heavy atom. The number of hydrogen-bond acceptors (Lipinski definition) is 4. The molecule has 2 aromatic rings. The molecule has 0 aliphatic carbocycles. The van der Waals surface area contributed by atoms with E-state index in [2.05, 4.69) is 20.2 Å². The average Bonchev–Trinajstić information content (AvgIpc) is 2.54. The van der Waals surface area contributed by atoms with Crippen molar-refractivity contribution in [3.8, 4) is 5.88 Å². The first-order chi connectivity index (χ1) is 5.83. The molecule has 0 spiro atoms. The van der Waals surface area contributed by atoms with Crippen LogP contribution >= 0.6 is 0 Å². The fraction of sp³-hybridized carbons (Fsp3) is 0.286. The van der Waals surface area contributed by atoms with Gasteiger partial charge in [0.2, 0.25) is 0 Å². The van der Waals surface area contributed by atoms with Crippen molar-refractivity contribution in [2.24, 2.45) is 0 Å². The summed E-state index contributed by atoms with van der Waals surface area (Å²) in [5.41, 5.74) is 2.40. The van der Waals surface area contributed by atoms with Crippen LogP contribution in [-0.2, 0) is 0 Å². The van der Waals surface area contributed by atoms with E-state index in [1.807, 2.05) is 6.92 Å². The van der Waals surface area contributed by atoms with Crippen LogP contribution < -0.4 is 4.74 Å². The van der Waals surface area contributed by atoms with Gasteiger partial charge in [-0.05, 0) is 6.92 Å².